The third kappa shape index (κ3) is 2.91. The molecular formula is C11H11Cl2N3O2S. The lowest BCUT2D eigenvalue weighted by Gasteiger charge is -2.01. The molecule has 0 unspecified atom stereocenters. The van der Waals surface area contributed by atoms with Gasteiger partial charge in [0, 0.05) is 23.1 Å². The Morgan fingerprint density at radius 3 is 2.47 bits per heavy atom. The summed E-state index contributed by atoms with van der Waals surface area (Å²) in [6, 6.07) is 3.36. The number of nitrogens with zero attached hydrogens (tertiary/aromatic N) is 3. The van der Waals surface area contributed by atoms with E-state index in [9.17, 15) is 8.42 Å². The van der Waals surface area contributed by atoms with Gasteiger partial charge in [0.15, 0.2) is 5.15 Å². The molecule has 2 aromatic rings. The number of halogens is 2. The molecule has 2 rings (SSSR count). The van der Waals surface area contributed by atoms with E-state index in [-0.39, 0.29) is 10.0 Å². The van der Waals surface area contributed by atoms with E-state index in [1.54, 1.807) is 24.5 Å². The van der Waals surface area contributed by atoms with Gasteiger partial charge in [-0.2, -0.15) is 5.10 Å². The van der Waals surface area contributed by atoms with Crippen molar-refractivity contribution in [3.05, 3.63) is 35.4 Å². The van der Waals surface area contributed by atoms with Gasteiger partial charge in [0.05, 0.1) is 11.4 Å². The first-order valence-corrected chi connectivity index (χ1v) is 8.26. The first-order valence-electron chi connectivity index (χ1n) is 5.57. The second-order valence-electron chi connectivity index (χ2n) is 3.87. The number of rotatable bonds is 4. The van der Waals surface area contributed by atoms with Crippen LogP contribution in [0.25, 0.3) is 5.69 Å². The number of pyridine rings is 1. The van der Waals surface area contributed by atoms with Crippen molar-refractivity contribution in [3.8, 4) is 5.69 Å². The second kappa shape index (κ2) is 5.48. The summed E-state index contributed by atoms with van der Waals surface area (Å²) in [4.78, 5) is 3.77. The Labute approximate surface area is 120 Å². The minimum atomic E-state index is -3.93. The van der Waals surface area contributed by atoms with Crippen molar-refractivity contribution in [3.63, 3.8) is 0 Å². The highest BCUT2D eigenvalue weighted by Gasteiger charge is 2.26. The Bertz CT molecular complexity index is 683. The van der Waals surface area contributed by atoms with Crippen molar-refractivity contribution in [1.82, 2.24) is 14.8 Å². The Morgan fingerprint density at radius 2 is 1.95 bits per heavy atom. The van der Waals surface area contributed by atoms with Crippen LogP contribution in [0.1, 0.15) is 19.0 Å². The summed E-state index contributed by atoms with van der Waals surface area (Å²) >= 11 is 6.10. The molecule has 0 saturated heterocycles. The first kappa shape index (κ1) is 14.3. The Kier molecular flexibility index (Phi) is 4.13. The molecule has 8 heteroatoms. The van der Waals surface area contributed by atoms with Crippen LogP contribution in [0.15, 0.2) is 29.4 Å². The molecule has 0 saturated carbocycles. The molecule has 2 aromatic heterocycles. The van der Waals surface area contributed by atoms with Gasteiger partial charge in [-0.1, -0.05) is 24.9 Å². The van der Waals surface area contributed by atoms with E-state index in [1.165, 1.54) is 4.68 Å². The van der Waals surface area contributed by atoms with Gasteiger partial charge in [-0.15, -0.1) is 0 Å². The van der Waals surface area contributed by atoms with E-state index in [1.807, 2.05) is 6.92 Å². The van der Waals surface area contributed by atoms with Gasteiger partial charge in [-0.3, -0.25) is 4.98 Å². The normalized spacial score (nSPS) is 11.7. The van der Waals surface area contributed by atoms with E-state index < -0.39 is 9.05 Å². The standard InChI is InChI=1S/C11H11Cl2N3O2S/c1-2-3-9-10(19(13,17)18)11(12)16(15-9)8-4-6-14-7-5-8/h4-7H,2-3H2,1H3. The smallest absolute Gasteiger partial charge is 0.265 e. The minimum absolute atomic E-state index is 0.00958. The maximum atomic E-state index is 11.6. The SMILES string of the molecule is CCCc1nn(-c2ccncc2)c(Cl)c1S(=O)(=O)Cl. The van der Waals surface area contributed by atoms with Crippen LogP contribution >= 0.6 is 22.3 Å². The third-order valence-electron chi connectivity index (χ3n) is 2.49. The molecule has 0 bridgehead atoms. The predicted molar refractivity (Wildman–Crippen MR) is 73.4 cm³/mol. The van der Waals surface area contributed by atoms with Gasteiger partial charge < -0.3 is 0 Å². The number of aromatic nitrogens is 3. The summed E-state index contributed by atoms with van der Waals surface area (Å²) in [5.74, 6) is 0. The van der Waals surface area contributed by atoms with Crippen molar-refractivity contribution < 1.29 is 8.42 Å². The van der Waals surface area contributed by atoms with Gasteiger partial charge in [-0.05, 0) is 18.6 Å². The average molecular weight is 320 g/mol. The quantitative estimate of drug-likeness (QED) is 0.813. The average Bonchev–Trinajstić information content (AvgIpc) is 2.67. The molecule has 0 aliphatic rings. The van der Waals surface area contributed by atoms with Crippen LogP contribution in [0.2, 0.25) is 5.15 Å². The van der Waals surface area contributed by atoms with Crippen molar-refractivity contribution in [1.29, 1.82) is 0 Å². The van der Waals surface area contributed by atoms with E-state index in [0.29, 0.717) is 17.8 Å². The molecule has 102 valence electrons. The number of hydrogen-bond donors (Lipinski definition) is 0. The van der Waals surface area contributed by atoms with E-state index in [0.717, 1.165) is 6.42 Å². The van der Waals surface area contributed by atoms with Crippen molar-refractivity contribution in [2.45, 2.75) is 24.7 Å². The summed E-state index contributed by atoms with van der Waals surface area (Å²) in [5, 5.41) is 4.22. The highest BCUT2D eigenvalue weighted by Crippen LogP contribution is 2.31. The van der Waals surface area contributed by atoms with Crippen LogP contribution in [-0.2, 0) is 15.5 Å². The molecule has 0 N–H and O–H groups in total. The zero-order valence-electron chi connectivity index (χ0n) is 10.0. The topological polar surface area (TPSA) is 64.8 Å². The fraction of sp³-hybridized carbons (Fsp3) is 0.273. The fourth-order valence-corrected chi connectivity index (χ4v) is 3.59. The molecule has 0 aromatic carbocycles. The lowest BCUT2D eigenvalue weighted by molar-refractivity contribution is 0.608. The summed E-state index contributed by atoms with van der Waals surface area (Å²) in [6.45, 7) is 1.92. The molecule has 0 atom stereocenters. The molecule has 0 radical (unpaired) electrons. The zero-order valence-corrected chi connectivity index (χ0v) is 12.4. The van der Waals surface area contributed by atoms with Gasteiger partial charge in [-0.25, -0.2) is 13.1 Å². The summed E-state index contributed by atoms with van der Waals surface area (Å²) < 4.78 is 24.6. The van der Waals surface area contributed by atoms with Gasteiger partial charge in [0.25, 0.3) is 9.05 Å². The molecule has 0 amide bonds. The second-order valence-corrected chi connectivity index (χ2v) is 6.73. The van der Waals surface area contributed by atoms with Crippen LogP contribution in [0, 0.1) is 0 Å². The molecule has 0 aliphatic heterocycles. The number of aryl methyl sites for hydroxylation is 1. The van der Waals surface area contributed by atoms with Crippen LogP contribution < -0.4 is 0 Å². The third-order valence-corrected chi connectivity index (χ3v) is 4.33. The molecular weight excluding hydrogens is 309 g/mol. The van der Waals surface area contributed by atoms with Crippen LogP contribution in [-0.4, -0.2) is 23.2 Å². The van der Waals surface area contributed by atoms with Gasteiger partial charge in [0.1, 0.15) is 4.90 Å². The van der Waals surface area contributed by atoms with E-state index >= 15 is 0 Å². The lowest BCUT2D eigenvalue weighted by atomic mass is 10.2. The molecule has 0 fully saturated rings. The minimum Gasteiger partial charge on any atom is -0.265 e. The maximum absolute atomic E-state index is 11.6. The molecule has 0 spiro atoms. The Balaban J connectivity index is 2.66. The molecule has 0 aliphatic carbocycles. The van der Waals surface area contributed by atoms with Crippen LogP contribution in [0.3, 0.4) is 0 Å². The Morgan fingerprint density at radius 1 is 1.32 bits per heavy atom. The highest BCUT2D eigenvalue weighted by atomic mass is 35.7. The van der Waals surface area contributed by atoms with Crippen LogP contribution in [0.4, 0.5) is 0 Å². The molecule has 2 heterocycles. The van der Waals surface area contributed by atoms with Crippen molar-refractivity contribution in [2.24, 2.45) is 0 Å². The summed E-state index contributed by atoms with van der Waals surface area (Å²) in [5.41, 5.74) is 1.00. The summed E-state index contributed by atoms with van der Waals surface area (Å²) in [7, 11) is 1.50. The molecule has 5 nitrogen and oxygen atoms in total. The van der Waals surface area contributed by atoms with E-state index in [2.05, 4.69) is 10.1 Å². The zero-order chi connectivity index (χ0) is 14.0. The Hall–Kier alpha value is -1.11. The van der Waals surface area contributed by atoms with Crippen molar-refractivity contribution >= 4 is 31.3 Å². The summed E-state index contributed by atoms with van der Waals surface area (Å²) in [6.07, 6.45) is 4.37. The predicted octanol–water partition coefficient (Wildman–Crippen LogP) is 2.80. The first-order chi connectivity index (χ1) is 8.95. The van der Waals surface area contributed by atoms with Crippen LogP contribution in [0.5, 0.6) is 0 Å². The highest BCUT2D eigenvalue weighted by molar-refractivity contribution is 8.13. The monoisotopic (exact) mass is 319 g/mol. The largest absolute Gasteiger partial charge is 0.266 e. The van der Waals surface area contributed by atoms with E-state index in [4.69, 9.17) is 22.3 Å². The van der Waals surface area contributed by atoms with Crippen molar-refractivity contribution in [2.75, 3.05) is 0 Å². The van der Waals surface area contributed by atoms with Gasteiger partial charge in [0.2, 0.25) is 0 Å². The van der Waals surface area contributed by atoms with Gasteiger partial charge >= 0.3 is 0 Å². The maximum Gasteiger partial charge on any atom is 0.266 e. The lowest BCUT2D eigenvalue weighted by Crippen LogP contribution is -1.97. The number of hydrogen-bond acceptors (Lipinski definition) is 4. The fourth-order valence-electron chi connectivity index (χ4n) is 1.72. The molecule has 19 heavy (non-hydrogen) atoms.